The monoisotopic (exact) mass is 418 g/mol. The second kappa shape index (κ2) is 10.3. The van der Waals surface area contributed by atoms with Crippen LogP contribution in [0.15, 0.2) is 71.0 Å². The van der Waals surface area contributed by atoms with E-state index in [-0.39, 0.29) is 11.6 Å². The summed E-state index contributed by atoms with van der Waals surface area (Å²) in [6.07, 6.45) is 3.61. The van der Waals surface area contributed by atoms with Gasteiger partial charge in [-0.2, -0.15) is 0 Å². The van der Waals surface area contributed by atoms with Gasteiger partial charge in [0.2, 0.25) is 0 Å². The van der Waals surface area contributed by atoms with Crippen molar-refractivity contribution in [1.82, 2.24) is 10.6 Å². The molecule has 1 heterocycles. The van der Waals surface area contributed by atoms with Crippen molar-refractivity contribution in [2.75, 3.05) is 13.7 Å². The number of furan rings is 1. The van der Waals surface area contributed by atoms with E-state index in [0.29, 0.717) is 24.3 Å². The van der Waals surface area contributed by atoms with Crippen molar-refractivity contribution in [1.29, 1.82) is 0 Å². The Hall–Kier alpha value is -3.80. The first-order chi connectivity index (χ1) is 15.0. The summed E-state index contributed by atoms with van der Waals surface area (Å²) in [6, 6.07) is 16.5. The van der Waals surface area contributed by atoms with E-state index in [1.165, 1.54) is 12.3 Å². The SMILES string of the molecule is COc1ccccc1CCNC(=O)/C(=C/c1ccco1)NC(=O)c1ccc(C)c(C)c1. The predicted molar refractivity (Wildman–Crippen MR) is 120 cm³/mol. The normalized spacial score (nSPS) is 11.1. The first kappa shape index (κ1) is 21.9. The third kappa shape index (κ3) is 5.85. The number of hydrogen-bond donors (Lipinski definition) is 2. The zero-order valence-corrected chi connectivity index (χ0v) is 17.9. The number of carbonyl (C=O) groups excluding carboxylic acids is 2. The molecule has 0 radical (unpaired) electrons. The van der Waals surface area contributed by atoms with Gasteiger partial charge in [0, 0.05) is 18.2 Å². The standard InChI is InChI=1S/C25H26N2O4/c1-17-10-11-20(15-18(17)2)24(28)27-22(16-21-8-6-14-31-21)25(29)26-13-12-19-7-4-5-9-23(19)30-3/h4-11,14-16H,12-13H2,1-3H3,(H,26,29)(H,27,28)/b22-16-. The number of benzene rings is 2. The van der Waals surface area contributed by atoms with E-state index in [2.05, 4.69) is 10.6 Å². The van der Waals surface area contributed by atoms with Crippen LogP contribution in [0.3, 0.4) is 0 Å². The van der Waals surface area contributed by atoms with Gasteiger partial charge >= 0.3 is 0 Å². The Labute approximate surface area is 181 Å². The quantitative estimate of drug-likeness (QED) is 0.541. The number of nitrogens with one attached hydrogen (secondary N) is 2. The van der Waals surface area contributed by atoms with Crippen molar-refractivity contribution in [3.05, 3.63) is 94.6 Å². The molecule has 31 heavy (non-hydrogen) atoms. The van der Waals surface area contributed by atoms with Gasteiger partial charge < -0.3 is 19.8 Å². The van der Waals surface area contributed by atoms with Crippen LogP contribution in [0.25, 0.3) is 6.08 Å². The van der Waals surface area contributed by atoms with Gasteiger partial charge in [0.25, 0.3) is 11.8 Å². The van der Waals surface area contributed by atoms with Gasteiger partial charge in [-0.05, 0) is 67.3 Å². The Bertz CT molecular complexity index is 1080. The number of hydrogen-bond acceptors (Lipinski definition) is 4. The van der Waals surface area contributed by atoms with Crippen LogP contribution in [-0.2, 0) is 11.2 Å². The fourth-order valence-electron chi connectivity index (χ4n) is 3.07. The highest BCUT2D eigenvalue weighted by molar-refractivity contribution is 6.05. The molecule has 0 unspecified atom stereocenters. The number of para-hydroxylation sites is 1. The van der Waals surface area contributed by atoms with Gasteiger partial charge in [-0.3, -0.25) is 9.59 Å². The van der Waals surface area contributed by atoms with E-state index < -0.39 is 5.91 Å². The van der Waals surface area contributed by atoms with Gasteiger partial charge in [0.1, 0.15) is 17.2 Å². The van der Waals surface area contributed by atoms with E-state index in [0.717, 1.165) is 22.4 Å². The molecule has 2 N–H and O–H groups in total. The molecular formula is C25H26N2O4. The number of ether oxygens (including phenoxy) is 1. The fourth-order valence-corrected chi connectivity index (χ4v) is 3.07. The number of aryl methyl sites for hydroxylation is 2. The molecule has 1 aromatic heterocycles. The van der Waals surface area contributed by atoms with Crippen LogP contribution in [0, 0.1) is 13.8 Å². The second-order valence-electron chi connectivity index (χ2n) is 7.14. The maximum Gasteiger partial charge on any atom is 0.267 e. The van der Waals surface area contributed by atoms with Crippen molar-refractivity contribution >= 4 is 17.9 Å². The zero-order valence-electron chi connectivity index (χ0n) is 17.9. The lowest BCUT2D eigenvalue weighted by atomic mass is 10.1. The van der Waals surface area contributed by atoms with E-state index in [1.54, 1.807) is 31.4 Å². The number of rotatable bonds is 8. The molecule has 3 rings (SSSR count). The first-order valence-corrected chi connectivity index (χ1v) is 10.0. The molecule has 160 valence electrons. The molecule has 0 fully saturated rings. The molecule has 2 amide bonds. The van der Waals surface area contributed by atoms with Crippen LogP contribution in [0.2, 0.25) is 0 Å². The molecule has 2 aromatic carbocycles. The molecule has 0 saturated carbocycles. The summed E-state index contributed by atoms with van der Waals surface area (Å²) in [5, 5.41) is 5.57. The Morgan fingerprint density at radius 3 is 2.55 bits per heavy atom. The number of methoxy groups -OCH3 is 1. The van der Waals surface area contributed by atoms with E-state index >= 15 is 0 Å². The zero-order chi connectivity index (χ0) is 22.2. The van der Waals surface area contributed by atoms with Crippen molar-refractivity contribution < 1.29 is 18.7 Å². The van der Waals surface area contributed by atoms with Crippen LogP contribution >= 0.6 is 0 Å². The maximum absolute atomic E-state index is 12.8. The molecule has 0 aliphatic heterocycles. The molecule has 0 saturated heterocycles. The van der Waals surface area contributed by atoms with Crippen molar-refractivity contribution in [2.45, 2.75) is 20.3 Å². The van der Waals surface area contributed by atoms with Gasteiger partial charge in [-0.15, -0.1) is 0 Å². The van der Waals surface area contributed by atoms with Gasteiger partial charge in [-0.25, -0.2) is 0 Å². The van der Waals surface area contributed by atoms with E-state index in [1.807, 2.05) is 44.2 Å². The molecule has 0 aliphatic rings. The number of amides is 2. The Balaban J connectivity index is 1.71. The average Bonchev–Trinajstić information content (AvgIpc) is 3.28. The predicted octanol–water partition coefficient (Wildman–Crippen LogP) is 4.03. The van der Waals surface area contributed by atoms with Gasteiger partial charge in [0.05, 0.1) is 13.4 Å². The van der Waals surface area contributed by atoms with E-state index in [9.17, 15) is 9.59 Å². The third-order valence-corrected chi connectivity index (χ3v) is 4.96. The Morgan fingerprint density at radius 2 is 1.84 bits per heavy atom. The van der Waals surface area contributed by atoms with Crippen molar-refractivity contribution in [3.8, 4) is 5.75 Å². The minimum absolute atomic E-state index is 0.109. The third-order valence-electron chi connectivity index (χ3n) is 4.96. The second-order valence-corrected chi connectivity index (χ2v) is 7.14. The van der Waals surface area contributed by atoms with Crippen LogP contribution in [0.1, 0.15) is 32.8 Å². The summed E-state index contributed by atoms with van der Waals surface area (Å²) in [5.74, 6) is 0.477. The molecule has 3 aromatic rings. The van der Waals surface area contributed by atoms with Gasteiger partial charge in [-0.1, -0.05) is 24.3 Å². The van der Waals surface area contributed by atoms with Crippen molar-refractivity contribution in [2.24, 2.45) is 0 Å². The molecular weight excluding hydrogens is 392 g/mol. The molecule has 0 bridgehead atoms. The minimum Gasteiger partial charge on any atom is -0.496 e. The molecule has 0 aliphatic carbocycles. The molecule has 6 nitrogen and oxygen atoms in total. The minimum atomic E-state index is -0.400. The summed E-state index contributed by atoms with van der Waals surface area (Å²) in [5.41, 5.74) is 3.68. The Kier molecular flexibility index (Phi) is 7.27. The average molecular weight is 418 g/mol. The maximum atomic E-state index is 12.8. The topological polar surface area (TPSA) is 80.6 Å². The highest BCUT2D eigenvalue weighted by atomic mass is 16.5. The summed E-state index contributed by atoms with van der Waals surface area (Å²) in [7, 11) is 1.62. The summed E-state index contributed by atoms with van der Waals surface area (Å²) < 4.78 is 10.7. The van der Waals surface area contributed by atoms with E-state index in [4.69, 9.17) is 9.15 Å². The first-order valence-electron chi connectivity index (χ1n) is 10.0. The van der Waals surface area contributed by atoms with Crippen LogP contribution in [0.4, 0.5) is 0 Å². The van der Waals surface area contributed by atoms with Crippen LogP contribution < -0.4 is 15.4 Å². The molecule has 0 spiro atoms. The summed E-state index contributed by atoms with van der Waals surface area (Å²) in [6.45, 7) is 4.30. The summed E-state index contributed by atoms with van der Waals surface area (Å²) >= 11 is 0. The van der Waals surface area contributed by atoms with Crippen LogP contribution in [0.5, 0.6) is 5.75 Å². The number of carbonyl (C=O) groups is 2. The fraction of sp³-hybridized carbons (Fsp3) is 0.200. The highest BCUT2D eigenvalue weighted by Crippen LogP contribution is 2.17. The lowest BCUT2D eigenvalue weighted by Crippen LogP contribution is -2.35. The molecule has 0 atom stereocenters. The largest absolute Gasteiger partial charge is 0.496 e. The van der Waals surface area contributed by atoms with Crippen LogP contribution in [-0.4, -0.2) is 25.5 Å². The smallest absolute Gasteiger partial charge is 0.267 e. The Morgan fingerprint density at radius 1 is 1.03 bits per heavy atom. The lowest BCUT2D eigenvalue weighted by Gasteiger charge is -2.12. The summed E-state index contributed by atoms with van der Waals surface area (Å²) in [4.78, 5) is 25.6. The van der Waals surface area contributed by atoms with Crippen molar-refractivity contribution in [3.63, 3.8) is 0 Å². The molecule has 6 heteroatoms. The van der Waals surface area contributed by atoms with Gasteiger partial charge in [0.15, 0.2) is 0 Å². The highest BCUT2D eigenvalue weighted by Gasteiger charge is 2.16. The lowest BCUT2D eigenvalue weighted by molar-refractivity contribution is -0.117.